The number of benzene rings is 1. The minimum absolute atomic E-state index is 0.00242. The van der Waals surface area contributed by atoms with Crippen molar-refractivity contribution in [2.45, 2.75) is 46.1 Å². The summed E-state index contributed by atoms with van der Waals surface area (Å²) in [5.74, 6) is 1.23. The van der Waals surface area contributed by atoms with Crippen molar-refractivity contribution in [3.8, 4) is 5.75 Å². The number of carbonyl (C=O) groups excluding carboxylic acids is 2. The number of carbonyl (C=O) groups is 2. The SMILES string of the molecule is Cc1cc(OCC2c3ccsc3CCN2C(=O)CN(CC2CC2)C(=O)C(C)C)ccc1Cl. The Bertz CT molecular complexity index is 985. The highest BCUT2D eigenvalue weighted by molar-refractivity contribution is 7.10. The number of thiophene rings is 1. The van der Waals surface area contributed by atoms with E-state index in [9.17, 15) is 9.59 Å². The van der Waals surface area contributed by atoms with E-state index in [0.717, 1.165) is 36.1 Å². The summed E-state index contributed by atoms with van der Waals surface area (Å²) in [7, 11) is 0. The first-order valence-electron chi connectivity index (χ1n) is 11.4. The van der Waals surface area contributed by atoms with Crippen LogP contribution in [0.2, 0.25) is 5.02 Å². The molecule has 32 heavy (non-hydrogen) atoms. The molecule has 1 atom stereocenters. The van der Waals surface area contributed by atoms with Crippen LogP contribution in [-0.2, 0) is 16.0 Å². The molecule has 2 heterocycles. The van der Waals surface area contributed by atoms with Crippen molar-refractivity contribution in [2.24, 2.45) is 11.8 Å². The molecule has 1 aliphatic carbocycles. The Kier molecular flexibility index (Phi) is 7.11. The molecule has 2 aromatic rings. The molecule has 0 N–H and O–H groups in total. The predicted octanol–water partition coefficient (Wildman–Crippen LogP) is 5.11. The van der Waals surface area contributed by atoms with Gasteiger partial charge in [0.15, 0.2) is 0 Å². The van der Waals surface area contributed by atoms with Gasteiger partial charge in [-0.1, -0.05) is 25.4 Å². The summed E-state index contributed by atoms with van der Waals surface area (Å²) in [5, 5.41) is 2.79. The van der Waals surface area contributed by atoms with Gasteiger partial charge in [0.05, 0.1) is 12.6 Å². The zero-order valence-electron chi connectivity index (χ0n) is 19.0. The third-order valence-electron chi connectivity index (χ3n) is 6.26. The molecule has 1 unspecified atom stereocenters. The Morgan fingerprint density at radius 2 is 2.06 bits per heavy atom. The average molecular weight is 475 g/mol. The van der Waals surface area contributed by atoms with E-state index in [0.29, 0.717) is 30.6 Å². The van der Waals surface area contributed by atoms with Crippen LogP contribution >= 0.6 is 22.9 Å². The van der Waals surface area contributed by atoms with E-state index in [1.165, 1.54) is 4.88 Å². The van der Waals surface area contributed by atoms with Gasteiger partial charge in [-0.05, 0) is 72.9 Å². The van der Waals surface area contributed by atoms with Crippen molar-refractivity contribution in [3.63, 3.8) is 0 Å². The van der Waals surface area contributed by atoms with E-state index in [4.69, 9.17) is 16.3 Å². The van der Waals surface area contributed by atoms with Crippen molar-refractivity contribution < 1.29 is 14.3 Å². The molecule has 1 aromatic carbocycles. The lowest BCUT2D eigenvalue weighted by molar-refractivity contribution is -0.144. The summed E-state index contributed by atoms with van der Waals surface area (Å²) in [5.41, 5.74) is 2.11. The molecule has 0 radical (unpaired) electrons. The Morgan fingerprint density at radius 1 is 1.28 bits per heavy atom. The Labute approximate surface area is 199 Å². The topological polar surface area (TPSA) is 49.9 Å². The number of hydrogen-bond donors (Lipinski definition) is 0. The van der Waals surface area contributed by atoms with E-state index in [1.54, 1.807) is 16.2 Å². The van der Waals surface area contributed by atoms with Gasteiger partial charge in [-0.25, -0.2) is 0 Å². The number of fused-ring (bicyclic) bond motifs is 1. The number of nitrogens with zero attached hydrogens (tertiary/aromatic N) is 2. The molecule has 4 rings (SSSR count). The molecule has 0 saturated heterocycles. The maximum absolute atomic E-state index is 13.5. The quantitative estimate of drug-likeness (QED) is 0.534. The molecular formula is C25H31ClN2O3S. The molecule has 7 heteroatoms. The van der Waals surface area contributed by atoms with Crippen molar-refractivity contribution in [2.75, 3.05) is 26.2 Å². The van der Waals surface area contributed by atoms with Gasteiger partial charge in [-0.3, -0.25) is 9.59 Å². The third-order valence-corrected chi connectivity index (χ3v) is 7.68. The van der Waals surface area contributed by atoms with E-state index in [-0.39, 0.29) is 30.3 Å². The van der Waals surface area contributed by atoms with Crippen molar-refractivity contribution in [1.82, 2.24) is 9.80 Å². The molecule has 1 aromatic heterocycles. The second-order valence-corrected chi connectivity index (χ2v) is 10.6. The van der Waals surface area contributed by atoms with Crippen LogP contribution in [0.1, 0.15) is 48.7 Å². The maximum atomic E-state index is 13.5. The third kappa shape index (κ3) is 5.29. The summed E-state index contributed by atoms with van der Waals surface area (Å²) in [6, 6.07) is 7.55. The minimum atomic E-state index is -0.162. The summed E-state index contributed by atoms with van der Waals surface area (Å²) in [4.78, 5) is 31.2. The van der Waals surface area contributed by atoms with Gasteiger partial charge in [-0.15, -0.1) is 11.3 Å². The second kappa shape index (κ2) is 9.84. The standard InChI is InChI=1S/C25H31ClN2O3S/c1-16(2)25(30)27(13-18-4-5-18)14-24(29)28-10-8-23-20(9-11-32-23)22(28)15-31-19-6-7-21(26)17(3)12-19/h6-7,9,11-12,16,18,22H,4-5,8,10,13-15H2,1-3H3. The van der Waals surface area contributed by atoms with Crippen molar-refractivity contribution in [1.29, 1.82) is 0 Å². The first kappa shape index (κ1) is 23.1. The van der Waals surface area contributed by atoms with Gasteiger partial charge in [0.2, 0.25) is 11.8 Å². The Balaban J connectivity index is 1.50. The molecule has 172 valence electrons. The maximum Gasteiger partial charge on any atom is 0.242 e. The first-order valence-corrected chi connectivity index (χ1v) is 12.6. The number of aryl methyl sites for hydroxylation is 1. The van der Waals surface area contributed by atoms with E-state index >= 15 is 0 Å². The molecular weight excluding hydrogens is 444 g/mol. The first-order chi connectivity index (χ1) is 15.3. The highest BCUT2D eigenvalue weighted by Crippen LogP contribution is 2.35. The minimum Gasteiger partial charge on any atom is -0.491 e. The van der Waals surface area contributed by atoms with Gasteiger partial charge >= 0.3 is 0 Å². The highest BCUT2D eigenvalue weighted by atomic mass is 35.5. The largest absolute Gasteiger partial charge is 0.491 e. The fourth-order valence-corrected chi connectivity index (χ4v) is 5.27. The zero-order valence-corrected chi connectivity index (χ0v) is 20.5. The number of amides is 2. The van der Waals surface area contributed by atoms with Crippen LogP contribution in [0.15, 0.2) is 29.6 Å². The van der Waals surface area contributed by atoms with Gasteiger partial charge in [0.1, 0.15) is 12.4 Å². The highest BCUT2D eigenvalue weighted by Gasteiger charge is 2.35. The molecule has 0 spiro atoms. The molecule has 5 nitrogen and oxygen atoms in total. The molecule has 2 aliphatic rings. The summed E-state index contributed by atoms with van der Waals surface area (Å²) in [6.07, 6.45) is 3.14. The lowest BCUT2D eigenvalue weighted by Crippen LogP contribution is -2.49. The smallest absolute Gasteiger partial charge is 0.242 e. The van der Waals surface area contributed by atoms with Crippen LogP contribution < -0.4 is 4.74 Å². The molecule has 2 amide bonds. The van der Waals surface area contributed by atoms with Gasteiger partial charge < -0.3 is 14.5 Å². The number of ether oxygens (including phenoxy) is 1. The van der Waals surface area contributed by atoms with Gasteiger partial charge in [0.25, 0.3) is 0 Å². The predicted molar refractivity (Wildman–Crippen MR) is 128 cm³/mol. The van der Waals surface area contributed by atoms with Crippen molar-refractivity contribution in [3.05, 3.63) is 50.7 Å². The lowest BCUT2D eigenvalue weighted by Gasteiger charge is -2.37. The molecule has 1 fully saturated rings. The number of halogens is 1. The van der Waals surface area contributed by atoms with Crippen LogP contribution in [0, 0.1) is 18.8 Å². The molecule has 0 bridgehead atoms. The molecule has 1 saturated carbocycles. The number of hydrogen-bond acceptors (Lipinski definition) is 4. The van der Waals surface area contributed by atoms with Crippen LogP contribution in [0.25, 0.3) is 0 Å². The monoisotopic (exact) mass is 474 g/mol. The van der Waals surface area contributed by atoms with Gasteiger partial charge in [0, 0.05) is 28.9 Å². The second-order valence-electron chi connectivity index (χ2n) is 9.19. The van der Waals surface area contributed by atoms with Crippen LogP contribution in [-0.4, -0.2) is 47.9 Å². The summed E-state index contributed by atoms with van der Waals surface area (Å²) < 4.78 is 6.12. The molecule has 1 aliphatic heterocycles. The van der Waals surface area contributed by atoms with Crippen molar-refractivity contribution >= 4 is 34.8 Å². The van der Waals surface area contributed by atoms with E-state index in [1.807, 2.05) is 43.9 Å². The van der Waals surface area contributed by atoms with Crippen LogP contribution in [0.3, 0.4) is 0 Å². The Hall–Kier alpha value is -2.05. The van der Waals surface area contributed by atoms with E-state index in [2.05, 4.69) is 11.4 Å². The number of rotatable bonds is 8. The fraction of sp³-hybridized carbons (Fsp3) is 0.520. The lowest BCUT2D eigenvalue weighted by atomic mass is 10.00. The summed E-state index contributed by atoms with van der Waals surface area (Å²) >= 11 is 7.88. The van der Waals surface area contributed by atoms with Gasteiger partial charge in [-0.2, -0.15) is 0 Å². The van der Waals surface area contributed by atoms with E-state index < -0.39 is 0 Å². The zero-order chi connectivity index (χ0) is 22.8. The Morgan fingerprint density at radius 3 is 2.75 bits per heavy atom. The summed E-state index contributed by atoms with van der Waals surface area (Å²) in [6.45, 7) is 7.59. The normalized spacial score (nSPS) is 17.9. The van der Waals surface area contributed by atoms with Crippen LogP contribution in [0.4, 0.5) is 0 Å². The van der Waals surface area contributed by atoms with Crippen LogP contribution in [0.5, 0.6) is 5.75 Å². The fourth-order valence-electron chi connectivity index (χ4n) is 4.22. The average Bonchev–Trinajstić information content (AvgIpc) is 3.45.